The number of anilines is 10. The maximum atomic E-state index is 11.9. The van der Waals surface area contributed by atoms with Crippen LogP contribution >= 0.6 is 0 Å². The smallest absolute Gasteiger partial charge is 0.226 e. The van der Waals surface area contributed by atoms with Gasteiger partial charge in [-0.05, 0) is 155 Å². The molecule has 1 saturated carbocycles. The molecular formula is C89H94N10O8. The second-order valence-electron chi connectivity index (χ2n) is 28.3. The lowest BCUT2D eigenvalue weighted by Gasteiger charge is -2.20. The minimum Gasteiger partial charge on any atom is -0.508 e. The quantitative estimate of drug-likeness (QED) is 0.0666. The monoisotopic (exact) mass is 1430 g/mol. The fourth-order valence-electron chi connectivity index (χ4n) is 14.0. The molecule has 1 fully saturated rings. The molecule has 548 valence electrons. The Morgan fingerprint density at radius 3 is 1.42 bits per heavy atom. The number of carbonyl (C=O) groups is 5. The van der Waals surface area contributed by atoms with Crippen molar-refractivity contribution in [2.45, 2.75) is 161 Å². The van der Waals surface area contributed by atoms with Gasteiger partial charge in [-0.1, -0.05) is 170 Å². The van der Waals surface area contributed by atoms with Crippen LogP contribution in [0.2, 0.25) is 0 Å². The lowest BCUT2D eigenvalue weighted by atomic mass is 9.89. The van der Waals surface area contributed by atoms with Crippen molar-refractivity contribution in [1.29, 1.82) is 0 Å². The average Bonchev–Trinajstić information content (AvgIpc) is 1.68. The second-order valence-corrected chi connectivity index (χ2v) is 28.3. The Hall–Kier alpha value is -12.2. The minimum atomic E-state index is -0.0120. The Labute approximate surface area is 627 Å². The number of ether oxygens (including phenoxy) is 2. The number of rotatable bonds is 7. The molecule has 0 aromatic heterocycles. The minimum absolute atomic E-state index is 0.0120. The van der Waals surface area contributed by atoms with E-state index in [0.717, 1.165) is 127 Å². The highest BCUT2D eigenvalue weighted by Gasteiger charge is 2.30. The molecule has 1 aliphatic carbocycles. The highest BCUT2D eigenvalue weighted by atomic mass is 16.5. The number of para-hydroxylation sites is 7. The van der Waals surface area contributed by atoms with Crippen LogP contribution < -0.4 is 62.6 Å². The highest BCUT2D eigenvalue weighted by molar-refractivity contribution is 6.01. The SMILES string of the molecule is C[C@@H]1CC(=O)Nc2cccc(C#CC3CCCCC3)c2N1.C[C@@H]1CC(=O)Nc2cccc(C#Cc3ccccc3)c2N1.C[C@@H]1CC(=O)Nc2cccc(C3Cc4ccccc4O3)c2N1.C[C@@H]1CC(=O)Nc2cccc(CCc3ccccc3O)c2N1.C[C@@H]1CC(=O)Nc2cccc(OCc3ccccc3)c2N1. The number of fused-ring (bicyclic) bond motifs is 6. The van der Waals surface area contributed by atoms with Crippen molar-refractivity contribution in [3.63, 3.8) is 0 Å². The molecule has 0 spiro atoms. The zero-order valence-electron chi connectivity index (χ0n) is 61.3. The maximum absolute atomic E-state index is 11.9. The third-order valence-corrected chi connectivity index (χ3v) is 19.2. The Morgan fingerprint density at radius 2 is 0.841 bits per heavy atom. The topological polar surface area (TPSA) is 244 Å². The summed E-state index contributed by atoms with van der Waals surface area (Å²) in [4.78, 5) is 59.0. The zero-order valence-corrected chi connectivity index (χ0v) is 61.3. The van der Waals surface area contributed by atoms with Crippen molar-refractivity contribution in [3.8, 4) is 40.9 Å². The normalized spacial score (nSPS) is 19.2. The molecule has 6 aliphatic heterocycles. The first kappa shape index (κ1) is 74.6. The number of aromatic hydroxyl groups is 1. The van der Waals surface area contributed by atoms with E-state index in [2.05, 4.69) is 95.0 Å². The van der Waals surface area contributed by atoms with E-state index in [9.17, 15) is 29.1 Å². The molecule has 0 saturated heterocycles. The summed E-state index contributed by atoms with van der Waals surface area (Å²) in [5.41, 5.74) is 17.2. The van der Waals surface area contributed by atoms with Crippen LogP contribution in [0, 0.1) is 29.6 Å². The summed E-state index contributed by atoms with van der Waals surface area (Å²) in [7, 11) is 0. The summed E-state index contributed by atoms with van der Waals surface area (Å²) < 4.78 is 12.0. The van der Waals surface area contributed by atoms with Gasteiger partial charge in [0.2, 0.25) is 29.5 Å². The number of nitrogens with one attached hydrogen (secondary N) is 10. The van der Waals surface area contributed by atoms with E-state index in [1.165, 1.54) is 37.7 Å². The lowest BCUT2D eigenvalue weighted by molar-refractivity contribution is -0.117. The van der Waals surface area contributed by atoms with E-state index in [4.69, 9.17) is 9.47 Å². The number of amides is 5. The van der Waals surface area contributed by atoms with Crippen LogP contribution in [-0.2, 0) is 49.8 Å². The number of hydrogen-bond acceptors (Lipinski definition) is 13. The van der Waals surface area contributed by atoms with Crippen LogP contribution in [0.15, 0.2) is 200 Å². The summed E-state index contributed by atoms with van der Waals surface area (Å²) in [6.45, 7) is 10.5. The third kappa shape index (κ3) is 20.6. The van der Waals surface area contributed by atoms with Crippen LogP contribution in [0.3, 0.4) is 0 Å². The highest BCUT2D eigenvalue weighted by Crippen LogP contribution is 2.43. The lowest BCUT2D eigenvalue weighted by Crippen LogP contribution is -2.19. The Kier molecular flexibility index (Phi) is 25.1. The van der Waals surface area contributed by atoms with Crippen LogP contribution in [0.5, 0.6) is 17.2 Å². The van der Waals surface area contributed by atoms with E-state index in [1.54, 1.807) is 6.07 Å². The van der Waals surface area contributed by atoms with E-state index in [-0.39, 0.29) is 65.8 Å². The summed E-state index contributed by atoms with van der Waals surface area (Å²) in [5.74, 6) is 15.9. The molecule has 18 nitrogen and oxygen atoms in total. The van der Waals surface area contributed by atoms with Gasteiger partial charge in [-0.15, -0.1) is 0 Å². The number of hydrogen-bond donors (Lipinski definition) is 11. The molecule has 0 bridgehead atoms. The van der Waals surface area contributed by atoms with Crippen molar-refractivity contribution in [2.24, 2.45) is 5.92 Å². The van der Waals surface area contributed by atoms with Crippen molar-refractivity contribution >= 4 is 86.4 Å². The van der Waals surface area contributed by atoms with E-state index in [0.29, 0.717) is 50.4 Å². The molecule has 11 N–H and O–H groups in total. The van der Waals surface area contributed by atoms with E-state index < -0.39 is 0 Å². The maximum Gasteiger partial charge on any atom is 0.226 e. The molecule has 16 rings (SSSR count). The van der Waals surface area contributed by atoms with Gasteiger partial charge in [0.05, 0.1) is 56.7 Å². The molecule has 7 aliphatic rings. The van der Waals surface area contributed by atoms with Gasteiger partial charge in [-0.25, -0.2) is 0 Å². The zero-order chi connectivity index (χ0) is 74.6. The summed E-state index contributed by atoms with van der Waals surface area (Å²) in [5, 5.41) is 41.6. The number of carbonyl (C=O) groups excluding carboxylic acids is 5. The molecule has 9 aromatic rings. The van der Waals surface area contributed by atoms with Gasteiger partial charge in [-0.3, -0.25) is 24.0 Å². The molecule has 18 heteroatoms. The van der Waals surface area contributed by atoms with Crippen molar-refractivity contribution in [1.82, 2.24) is 0 Å². The second kappa shape index (κ2) is 36.0. The fourth-order valence-corrected chi connectivity index (χ4v) is 14.0. The number of phenolic OH excluding ortho intramolecular Hbond substituents is 1. The molecular weight excluding hydrogens is 1340 g/mol. The largest absolute Gasteiger partial charge is 0.508 e. The van der Waals surface area contributed by atoms with Gasteiger partial charge in [-0.2, -0.15) is 0 Å². The summed E-state index contributed by atoms with van der Waals surface area (Å²) in [6, 6.07) is 65.2. The van der Waals surface area contributed by atoms with Crippen molar-refractivity contribution in [2.75, 3.05) is 53.2 Å². The first-order valence-corrected chi connectivity index (χ1v) is 37.2. The third-order valence-electron chi connectivity index (χ3n) is 19.2. The van der Waals surface area contributed by atoms with Gasteiger partial charge >= 0.3 is 0 Å². The summed E-state index contributed by atoms with van der Waals surface area (Å²) >= 11 is 0. The molecule has 6 heterocycles. The van der Waals surface area contributed by atoms with Crippen LogP contribution in [0.4, 0.5) is 56.9 Å². The summed E-state index contributed by atoms with van der Waals surface area (Å²) in [6.07, 6.45) is 11.1. The van der Waals surface area contributed by atoms with Crippen molar-refractivity contribution < 1.29 is 38.6 Å². The Morgan fingerprint density at radius 1 is 0.402 bits per heavy atom. The fraction of sp³-hybridized carbons (Fsp3) is 0.292. The molecule has 6 atom stereocenters. The average molecular weight is 1430 g/mol. The van der Waals surface area contributed by atoms with Gasteiger partial charge in [0.1, 0.15) is 35.6 Å². The van der Waals surface area contributed by atoms with Crippen LogP contribution in [0.25, 0.3) is 0 Å². The number of phenols is 1. The van der Waals surface area contributed by atoms with Crippen LogP contribution in [-0.4, -0.2) is 64.9 Å². The van der Waals surface area contributed by atoms with Gasteiger partial charge in [0, 0.05) is 91.3 Å². The van der Waals surface area contributed by atoms with Gasteiger partial charge < -0.3 is 67.7 Å². The van der Waals surface area contributed by atoms with E-state index in [1.807, 2.05) is 211 Å². The molecule has 1 unspecified atom stereocenters. The van der Waals surface area contributed by atoms with Gasteiger partial charge in [0.25, 0.3) is 0 Å². The van der Waals surface area contributed by atoms with Crippen LogP contribution in [0.1, 0.15) is 149 Å². The Bertz CT molecular complexity index is 4750. The predicted molar refractivity (Wildman–Crippen MR) is 430 cm³/mol. The predicted octanol–water partition coefficient (Wildman–Crippen LogP) is 17.2. The first-order valence-electron chi connectivity index (χ1n) is 37.2. The Balaban J connectivity index is 0.000000125. The van der Waals surface area contributed by atoms with E-state index >= 15 is 0 Å². The number of benzene rings is 9. The number of aryl methyl sites for hydroxylation is 2. The molecule has 0 radical (unpaired) electrons. The first-order chi connectivity index (χ1) is 52.0. The molecule has 5 amide bonds. The van der Waals surface area contributed by atoms with Crippen molar-refractivity contribution in [3.05, 3.63) is 245 Å². The molecule has 9 aromatic carbocycles. The molecule has 107 heavy (non-hydrogen) atoms. The standard InChI is InChI=1S/C18H18N2O2.C18H20N2O2.C18H22N2O.C18H16N2O.C17H18N2O2/c1-11-9-17(21)20-14-7-4-6-13(18(14)19-11)16-10-12-5-2-3-8-15(12)22-16;1-12-11-17(22)20-15-7-4-6-14(18(15)19-12)10-9-13-5-2-3-8-16(13)21;2*1-13-12-17(21)20-16-9-5-8-15(18(16)19-13)11-10-14-6-3-2-4-7-14;1-12-10-16(20)19-14-8-5-9-15(17(14)18-12)21-11-13-6-3-2-4-7-13/h2-8,11,16,19H,9-10H2,1H3,(H,20,21);2-8,12,19,21H,9-11H2,1H3,(H,20,22);5,8-9,13-14,19H,2-4,6-7,12H2,1H3,(H,20,21);2-9,13,19H,12H2,1H3,(H,20,21);2-9,12,18H,10-11H2,1H3,(H,19,20)/t11-,16?;12-;2*13-;12-/m11111/s1. The van der Waals surface area contributed by atoms with Gasteiger partial charge in [0.15, 0.2) is 0 Å².